The second kappa shape index (κ2) is 11.6. The van der Waals surface area contributed by atoms with E-state index in [0.29, 0.717) is 27.8 Å². The van der Waals surface area contributed by atoms with Crippen LogP contribution in [0.15, 0.2) is 82.6 Å². The van der Waals surface area contributed by atoms with Gasteiger partial charge in [0.05, 0.1) is 40.9 Å². The normalized spacial score (nSPS) is 26.8. The van der Waals surface area contributed by atoms with Gasteiger partial charge in [0.15, 0.2) is 0 Å². The molecule has 2 saturated carbocycles. The molecule has 1 saturated heterocycles. The zero-order chi connectivity index (χ0) is 34.4. The molecule has 1 N–H and O–H groups in total. The number of benzene rings is 3. The fourth-order valence-corrected chi connectivity index (χ4v) is 11.6. The molecule has 7 atom stereocenters. The Kier molecular flexibility index (Phi) is 7.52. The molecule has 3 heterocycles. The highest BCUT2D eigenvalue weighted by Gasteiger charge is 2.69. The van der Waals surface area contributed by atoms with Gasteiger partial charge in [-0.1, -0.05) is 35.6 Å². The van der Waals surface area contributed by atoms with Crippen LogP contribution in [0, 0.1) is 35.4 Å². The second-order valence-electron chi connectivity index (χ2n) is 12.7. The molecule has 2 aliphatic carbocycles. The molecule has 8 nitrogen and oxygen atoms in total. The average molecular weight is 710 g/mol. The number of nitrogens with zero attached hydrogens (tertiary/aromatic N) is 2. The molecule has 7 unspecified atom stereocenters. The van der Waals surface area contributed by atoms with Gasteiger partial charge in [-0.2, -0.15) is 13.2 Å². The van der Waals surface area contributed by atoms with Crippen molar-refractivity contribution in [1.82, 2.24) is 4.57 Å². The van der Waals surface area contributed by atoms with Gasteiger partial charge in [-0.15, -0.1) is 11.8 Å². The molecule has 2 aliphatic heterocycles. The first-order chi connectivity index (χ1) is 23.5. The number of ether oxygens (including phenoxy) is 1. The SMILES string of the molecule is COc1ccc(C2c3sc(=O)n(CC(=O)Nc4ccccc4C(F)(F)F)c3SC3C4CC(C5C(=O)N(c6ccc(F)cc6)C(=O)C45)C23)cc1. The average Bonchev–Trinajstić information content (AvgIpc) is 3.80. The number of para-hydroxylation sites is 1. The van der Waals surface area contributed by atoms with Crippen LogP contribution < -0.4 is 19.8 Å². The van der Waals surface area contributed by atoms with Gasteiger partial charge < -0.3 is 10.1 Å². The molecule has 14 heteroatoms. The van der Waals surface area contributed by atoms with E-state index in [4.69, 9.17) is 4.74 Å². The molecule has 3 aromatic carbocycles. The van der Waals surface area contributed by atoms with Crippen LogP contribution in [-0.4, -0.2) is 34.6 Å². The van der Waals surface area contributed by atoms with E-state index in [-0.39, 0.29) is 40.7 Å². The number of carbonyl (C=O) groups is 3. The topological polar surface area (TPSA) is 97.7 Å². The molecule has 2 bridgehead atoms. The van der Waals surface area contributed by atoms with Crippen LogP contribution in [-0.2, 0) is 27.1 Å². The van der Waals surface area contributed by atoms with Crippen molar-refractivity contribution in [2.75, 3.05) is 17.3 Å². The number of rotatable bonds is 6. The number of anilines is 2. The largest absolute Gasteiger partial charge is 0.497 e. The number of nitrogens with one attached hydrogen (secondary N) is 1. The number of amides is 3. The molecular formula is C35H27F4N3O5S2. The quantitative estimate of drug-likeness (QED) is 0.184. The lowest BCUT2D eigenvalue weighted by Gasteiger charge is -2.43. The van der Waals surface area contributed by atoms with Crippen molar-refractivity contribution >= 4 is 52.2 Å². The predicted molar refractivity (Wildman–Crippen MR) is 174 cm³/mol. The monoisotopic (exact) mass is 709 g/mol. The summed E-state index contributed by atoms with van der Waals surface area (Å²) in [4.78, 5) is 56.1. The standard InChI is InChI=1S/C35H27F4N3O5S2/c1-47-19-12-6-16(7-13-19)25-26-20-14-21(28-27(20)31(44)42(32(28)45)18-10-8-17(36)9-11-18)29(26)48-33-30(25)49-34(46)41(33)15-24(43)40-23-5-3-2-4-22(23)35(37,38)39/h2-13,20-21,25-29H,14-15H2,1H3,(H,40,43). The maximum absolute atomic E-state index is 14.0. The van der Waals surface area contributed by atoms with Crippen LogP contribution in [0.3, 0.4) is 0 Å². The number of methoxy groups -OCH3 is 1. The fourth-order valence-electron chi connectivity index (χ4n) is 8.46. The number of imide groups is 1. The van der Waals surface area contributed by atoms with E-state index in [9.17, 15) is 36.7 Å². The van der Waals surface area contributed by atoms with Gasteiger partial charge >= 0.3 is 11.0 Å². The Morgan fingerprint density at radius 3 is 2.29 bits per heavy atom. The number of halogens is 4. The second-order valence-corrected chi connectivity index (χ2v) is 14.9. The number of fused-ring (bicyclic) bond motifs is 9. The molecule has 8 rings (SSSR count). The third kappa shape index (κ3) is 5.01. The van der Waals surface area contributed by atoms with Crippen LogP contribution >= 0.6 is 23.1 Å². The molecule has 4 aromatic rings. The van der Waals surface area contributed by atoms with Crippen molar-refractivity contribution in [2.24, 2.45) is 29.6 Å². The van der Waals surface area contributed by atoms with E-state index < -0.39 is 52.4 Å². The van der Waals surface area contributed by atoms with Crippen molar-refractivity contribution in [2.45, 2.75) is 35.3 Å². The Morgan fingerprint density at radius 1 is 0.939 bits per heavy atom. The Labute approximate surface area is 285 Å². The third-order valence-corrected chi connectivity index (χ3v) is 13.1. The first-order valence-electron chi connectivity index (χ1n) is 15.6. The first kappa shape index (κ1) is 31.8. The Morgan fingerprint density at radius 2 is 1.61 bits per heavy atom. The smallest absolute Gasteiger partial charge is 0.418 e. The molecular weight excluding hydrogens is 683 g/mol. The predicted octanol–water partition coefficient (Wildman–Crippen LogP) is 6.39. The van der Waals surface area contributed by atoms with E-state index in [1.165, 1.54) is 57.6 Å². The highest BCUT2D eigenvalue weighted by molar-refractivity contribution is 8.00. The minimum atomic E-state index is -4.69. The van der Waals surface area contributed by atoms with Gasteiger partial charge in [0, 0.05) is 16.0 Å². The minimum absolute atomic E-state index is 0.124. The van der Waals surface area contributed by atoms with Crippen LogP contribution in [0.1, 0.15) is 28.3 Å². The highest BCUT2D eigenvalue weighted by Crippen LogP contribution is 2.69. The molecule has 252 valence electrons. The number of thiazole rings is 1. The van der Waals surface area contributed by atoms with E-state index in [2.05, 4.69) is 5.32 Å². The summed E-state index contributed by atoms with van der Waals surface area (Å²) < 4.78 is 61.2. The number of alkyl halides is 3. The van der Waals surface area contributed by atoms with Crippen molar-refractivity contribution in [1.29, 1.82) is 0 Å². The van der Waals surface area contributed by atoms with Crippen molar-refractivity contribution in [3.05, 3.63) is 104 Å². The molecule has 49 heavy (non-hydrogen) atoms. The van der Waals surface area contributed by atoms with Crippen molar-refractivity contribution in [3.8, 4) is 5.75 Å². The van der Waals surface area contributed by atoms with Gasteiger partial charge in [0.1, 0.15) is 18.1 Å². The summed E-state index contributed by atoms with van der Waals surface area (Å²) in [5, 5.41) is 2.68. The van der Waals surface area contributed by atoms with E-state index in [1.807, 2.05) is 24.3 Å². The summed E-state index contributed by atoms with van der Waals surface area (Å²) in [6, 6.07) is 17.4. The molecule has 4 aliphatic rings. The maximum atomic E-state index is 14.0. The molecule has 3 amide bonds. The van der Waals surface area contributed by atoms with E-state index >= 15 is 0 Å². The zero-order valence-electron chi connectivity index (χ0n) is 25.6. The maximum Gasteiger partial charge on any atom is 0.418 e. The van der Waals surface area contributed by atoms with Gasteiger partial charge in [-0.3, -0.25) is 28.6 Å². The lowest BCUT2D eigenvalue weighted by molar-refractivity contribution is -0.137. The van der Waals surface area contributed by atoms with Gasteiger partial charge in [0.2, 0.25) is 17.7 Å². The Hall–Kier alpha value is -4.43. The van der Waals surface area contributed by atoms with E-state index in [0.717, 1.165) is 29.0 Å². The lowest BCUT2D eigenvalue weighted by atomic mass is 9.68. The van der Waals surface area contributed by atoms with Gasteiger partial charge in [-0.05, 0) is 78.3 Å². The van der Waals surface area contributed by atoms with E-state index in [1.54, 1.807) is 7.11 Å². The van der Waals surface area contributed by atoms with Gasteiger partial charge in [0.25, 0.3) is 0 Å². The Bertz CT molecular complexity index is 2060. The third-order valence-electron chi connectivity index (χ3n) is 10.3. The van der Waals surface area contributed by atoms with Crippen LogP contribution in [0.25, 0.3) is 0 Å². The molecule has 3 fully saturated rings. The summed E-state index contributed by atoms with van der Waals surface area (Å²) in [5.74, 6) is -3.29. The summed E-state index contributed by atoms with van der Waals surface area (Å²) in [7, 11) is 1.55. The zero-order valence-corrected chi connectivity index (χ0v) is 27.3. The number of hydrogen-bond acceptors (Lipinski definition) is 7. The van der Waals surface area contributed by atoms with Gasteiger partial charge in [-0.25, -0.2) is 4.39 Å². The summed E-state index contributed by atoms with van der Waals surface area (Å²) >= 11 is 2.39. The summed E-state index contributed by atoms with van der Waals surface area (Å²) in [6.45, 7) is -0.507. The molecule has 0 spiro atoms. The minimum Gasteiger partial charge on any atom is -0.497 e. The molecule has 1 aromatic heterocycles. The Balaban J connectivity index is 1.17. The highest BCUT2D eigenvalue weighted by atomic mass is 32.2. The fraction of sp³-hybridized carbons (Fsp3) is 0.314. The van der Waals surface area contributed by atoms with Crippen molar-refractivity contribution < 1.29 is 36.7 Å². The summed E-state index contributed by atoms with van der Waals surface area (Å²) in [6.07, 6.45) is -4.06. The number of carbonyl (C=O) groups excluding carboxylic acids is 3. The lowest BCUT2D eigenvalue weighted by Crippen LogP contribution is -2.43. The first-order valence-corrected chi connectivity index (χ1v) is 17.3. The van der Waals surface area contributed by atoms with Crippen LogP contribution in [0.5, 0.6) is 5.75 Å². The van der Waals surface area contributed by atoms with Crippen LogP contribution in [0.4, 0.5) is 28.9 Å². The van der Waals surface area contributed by atoms with Crippen LogP contribution in [0.2, 0.25) is 0 Å². The molecule has 0 radical (unpaired) electrons. The number of aromatic nitrogens is 1. The number of thioether (sulfide) groups is 1. The van der Waals surface area contributed by atoms with Crippen molar-refractivity contribution in [3.63, 3.8) is 0 Å². The number of hydrogen-bond donors (Lipinski definition) is 1. The summed E-state index contributed by atoms with van der Waals surface area (Å²) in [5.41, 5.74) is -0.207.